The van der Waals surface area contributed by atoms with E-state index in [9.17, 15) is 27.2 Å². The molecule has 0 spiro atoms. The summed E-state index contributed by atoms with van der Waals surface area (Å²) in [4.78, 5) is 34.0. The molecule has 2 heterocycles. The number of alkyl halides is 3. The number of hydrogen-bond donors (Lipinski definition) is 0. The number of nitrogens with zero attached hydrogens (tertiary/aromatic N) is 2. The summed E-state index contributed by atoms with van der Waals surface area (Å²) in [6.07, 6.45) is -2.05. The summed E-state index contributed by atoms with van der Waals surface area (Å²) in [5.74, 6) is -2.15. The van der Waals surface area contributed by atoms with Crippen LogP contribution in [-0.2, 0) is 12.8 Å². The molecule has 0 aliphatic heterocycles. The van der Waals surface area contributed by atoms with E-state index in [2.05, 4.69) is 14.7 Å². The second-order valence-electron chi connectivity index (χ2n) is 8.13. The Morgan fingerprint density at radius 3 is 2.32 bits per heavy atom. The number of aryl methyl sites for hydroxylation is 1. The van der Waals surface area contributed by atoms with Gasteiger partial charge in [-0.05, 0) is 60.5 Å². The van der Waals surface area contributed by atoms with Crippen LogP contribution in [0.1, 0.15) is 38.4 Å². The predicted molar refractivity (Wildman–Crippen MR) is 128 cm³/mol. The number of Topliss-reactive ketones (excluding diaryl/α,β-unsaturated/α-hetero) is 2. The molecule has 2 aromatic heterocycles. The molecule has 0 N–H and O–H groups in total. The number of hydrogen-bond acceptors (Lipinski definition) is 5. The van der Waals surface area contributed by atoms with Gasteiger partial charge in [0.25, 0.3) is 0 Å². The predicted octanol–water partition coefficient (Wildman–Crippen LogP) is 6.42. The van der Waals surface area contributed by atoms with Gasteiger partial charge in [-0.25, -0.2) is 4.39 Å². The highest BCUT2D eigenvalue weighted by Crippen LogP contribution is 2.29. The molecule has 0 unspecified atom stereocenters. The number of ether oxygens (including phenoxy) is 1. The molecule has 2 aromatic carbocycles. The van der Waals surface area contributed by atoms with Gasteiger partial charge in [-0.1, -0.05) is 24.3 Å². The smallest absolute Gasteiger partial charge is 0.405 e. The highest BCUT2D eigenvalue weighted by atomic mass is 19.4. The van der Waals surface area contributed by atoms with E-state index in [4.69, 9.17) is 0 Å². The van der Waals surface area contributed by atoms with Gasteiger partial charge in [-0.3, -0.25) is 19.6 Å². The van der Waals surface area contributed by atoms with Crippen molar-refractivity contribution in [3.8, 4) is 17.0 Å². The molecule has 9 heteroatoms. The molecule has 4 aromatic rings. The van der Waals surface area contributed by atoms with Crippen LogP contribution in [0.15, 0.2) is 85.2 Å². The van der Waals surface area contributed by atoms with Crippen molar-refractivity contribution in [2.75, 3.05) is 0 Å². The lowest BCUT2D eigenvalue weighted by Gasteiger charge is -2.14. The van der Waals surface area contributed by atoms with Gasteiger partial charge in [-0.15, -0.1) is 13.2 Å². The Morgan fingerprint density at radius 1 is 0.865 bits per heavy atom. The lowest BCUT2D eigenvalue weighted by Crippen LogP contribution is -2.19. The minimum atomic E-state index is -5.01. The number of carbonyl (C=O) groups is 2. The highest BCUT2D eigenvalue weighted by Gasteiger charge is 2.33. The summed E-state index contributed by atoms with van der Waals surface area (Å²) >= 11 is 0. The maximum Gasteiger partial charge on any atom is 0.573 e. The number of aromatic nitrogens is 2. The first kappa shape index (κ1) is 25.7. The highest BCUT2D eigenvalue weighted by molar-refractivity contribution is 6.03. The zero-order valence-corrected chi connectivity index (χ0v) is 19.3. The fourth-order valence-electron chi connectivity index (χ4n) is 3.70. The number of ketones is 2. The van der Waals surface area contributed by atoms with Gasteiger partial charge in [0, 0.05) is 42.1 Å². The summed E-state index contributed by atoms with van der Waals surface area (Å²) in [5, 5.41) is 0. The molecule has 5 nitrogen and oxygen atoms in total. The van der Waals surface area contributed by atoms with E-state index < -0.39 is 29.5 Å². The third-order valence-corrected chi connectivity index (χ3v) is 5.50. The van der Waals surface area contributed by atoms with Crippen LogP contribution in [0.2, 0.25) is 0 Å². The second kappa shape index (κ2) is 11.1. The van der Waals surface area contributed by atoms with Crippen LogP contribution in [0.25, 0.3) is 11.3 Å². The van der Waals surface area contributed by atoms with Crippen molar-refractivity contribution in [1.82, 2.24) is 9.97 Å². The molecule has 0 aliphatic carbocycles. The van der Waals surface area contributed by atoms with Crippen LogP contribution >= 0.6 is 0 Å². The van der Waals surface area contributed by atoms with Gasteiger partial charge in [0.05, 0.1) is 11.3 Å². The first-order valence-electron chi connectivity index (χ1n) is 11.3. The normalized spacial score (nSPS) is 11.2. The van der Waals surface area contributed by atoms with Crippen molar-refractivity contribution >= 4 is 11.6 Å². The molecule has 0 amide bonds. The lowest BCUT2D eigenvalue weighted by atomic mass is 9.97. The van der Waals surface area contributed by atoms with Gasteiger partial charge in [-0.2, -0.15) is 0 Å². The molecule has 0 saturated carbocycles. The number of pyridine rings is 2. The Morgan fingerprint density at radius 2 is 1.65 bits per heavy atom. The number of benzene rings is 2. The first-order chi connectivity index (χ1) is 17.7. The van der Waals surface area contributed by atoms with Gasteiger partial charge in [0.2, 0.25) is 0 Å². The Labute approximate surface area is 209 Å². The van der Waals surface area contributed by atoms with E-state index in [1.54, 1.807) is 54.7 Å². The van der Waals surface area contributed by atoms with E-state index in [0.717, 1.165) is 12.1 Å². The van der Waals surface area contributed by atoms with Gasteiger partial charge in [0.1, 0.15) is 11.6 Å². The van der Waals surface area contributed by atoms with Crippen LogP contribution in [-0.4, -0.2) is 27.9 Å². The molecular weight excluding hydrogens is 488 g/mol. The van der Waals surface area contributed by atoms with E-state index in [-0.39, 0.29) is 30.4 Å². The van der Waals surface area contributed by atoms with Crippen molar-refractivity contribution in [1.29, 1.82) is 0 Å². The van der Waals surface area contributed by atoms with E-state index in [0.29, 0.717) is 22.5 Å². The van der Waals surface area contributed by atoms with Crippen LogP contribution in [0.3, 0.4) is 0 Å². The molecule has 0 fully saturated rings. The summed E-state index contributed by atoms with van der Waals surface area (Å²) in [6, 6.07) is 17.7. The summed E-state index contributed by atoms with van der Waals surface area (Å²) in [6.45, 7) is 0. The van der Waals surface area contributed by atoms with Crippen molar-refractivity contribution in [3.05, 3.63) is 113 Å². The fourth-order valence-corrected chi connectivity index (χ4v) is 3.70. The third-order valence-electron chi connectivity index (χ3n) is 5.50. The maximum atomic E-state index is 14.0. The third kappa shape index (κ3) is 6.84. The van der Waals surface area contributed by atoms with E-state index in [1.165, 1.54) is 18.3 Å². The second-order valence-corrected chi connectivity index (χ2v) is 8.13. The van der Waals surface area contributed by atoms with Crippen LogP contribution in [0.5, 0.6) is 5.75 Å². The minimum absolute atomic E-state index is 0.0499. The average molecular weight is 508 g/mol. The van der Waals surface area contributed by atoms with Gasteiger partial charge >= 0.3 is 6.36 Å². The Bertz CT molecular complexity index is 1410. The summed E-state index contributed by atoms with van der Waals surface area (Å²) < 4.78 is 56.8. The number of halogens is 4. The van der Waals surface area contributed by atoms with Crippen LogP contribution in [0.4, 0.5) is 17.6 Å². The molecule has 37 heavy (non-hydrogen) atoms. The molecular formula is C28H20F4N2O3. The van der Waals surface area contributed by atoms with Gasteiger partial charge < -0.3 is 4.74 Å². The molecule has 0 aliphatic rings. The molecule has 4 rings (SSSR count). The Kier molecular flexibility index (Phi) is 7.71. The number of rotatable bonds is 9. The fraction of sp³-hybridized carbons (Fsp3) is 0.143. The van der Waals surface area contributed by atoms with Gasteiger partial charge in [0.15, 0.2) is 11.6 Å². The van der Waals surface area contributed by atoms with E-state index >= 15 is 0 Å². The van der Waals surface area contributed by atoms with Crippen molar-refractivity contribution in [2.24, 2.45) is 0 Å². The topological polar surface area (TPSA) is 69.2 Å². The van der Waals surface area contributed by atoms with Crippen molar-refractivity contribution < 1.29 is 31.9 Å². The molecule has 0 radical (unpaired) electrons. The largest absolute Gasteiger partial charge is 0.573 e. The van der Waals surface area contributed by atoms with Crippen LogP contribution < -0.4 is 4.74 Å². The monoisotopic (exact) mass is 508 g/mol. The Balaban J connectivity index is 1.53. The molecule has 188 valence electrons. The van der Waals surface area contributed by atoms with Crippen LogP contribution in [0, 0.1) is 5.82 Å². The zero-order valence-electron chi connectivity index (χ0n) is 19.3. The number of carbonyl (C=O) groups excluding carboxylic acids is 2. The molecule has 0 saturated heterocycles. The average Bonchev–Trinajstić information content (AvgIpc) is 2.88. The quantitative estimate of drug-likeness (QED) is 0.193. The standard InChI is InChI=1S/C28H20F4N2O3/c29-23-7-2-1-6-21(23)24-11-8-18(17-34-24)15-26(36)19-9-13-27(37-28(30,31)32)22(16-19)25(35)12-10-20-5-3-4-14-33-20/h1-9,11,13-14,16-17H,10,12,15H2. The minimum Gasteiger partial charge on any atom is -0.405 e. The molecule has 0 atom stereocenters. The Hall–Kier alpha value is -4.40. The van der Waals surface area contributed by atoms with E-state index in [1.807, 2.05) is 0 Å². The van der Waals surface area contributed by atoms with Crippen molar-refractivity contribution in [2.45, 2.75) is 25.6 Å². The molecule has 0 bridgehead atoms. The zero-order chi connectivity index (χ0) is 26.4. The van der Waals surface area contributed by atoms with Crippen molar-refractivity contribution in [3.63, 3.8) is 0 Å². The SMILES string of the molecule is O=C(Cc1ccc(-c2ccccc2F)nc1)c1ccc(OC(F)(F)F)c(C(=O)CCc2ccccn2)c1. The maximum absolute atomic E-state index is 14.0. The summed E-state index contributed by atoms with van der Waals surface area (Å²) in [7, 11) is 0. The lowest BCUT2D eigenvalue weighted by molar-refractivity contribution is -0.274. The first-order valence-corrected chi connectivity index (χ1v) is 11.3. The summed E-state index contributed by atoms with van der Waals surface area (Å²) in [5.41, 5.74) is 1.54.